The zero-order chi connectivity index (χ0) is 13.5. The predicted molar refractivity (Wildman–Crippen MR) is 67.6 cm³/mol. The van der Waals surface area contributed by atoms with Crippen LogP contribution in [-0.4, -0.2) is 33.0 Å². The lowest BCUT2D eigenvalue weighted by atomic mass is 10.2. The smallest absolute Gasteiger partial charge is 0.223 e. The van der Waals surface area contributed by atoms with Gasteiger partial charge in [-0.05, 0) is 6.07 Å². The first-order chi connectivity index (χ1) is 8.62. The minimum atomic E-state index is -0.143. The lowest BCUT2D eigenvalue weighted by molar-refractivity contribution is -0.121. The maximum absolute atomic E-state index is 11.1. The Bertz CT molecular complexity index is 448. The molecule has 0 aliphatic heterocycles. The van der Waals surface area contributed by atoms with Gasteiger partial charge in [-0.3, -0.25) is 9.59 Å². The van der Waals surface area contributed by atoms with Crippen molar-refractivity contribution in [3.8, 4) is 11.5 Å². The second kappa shape index (κ2) is 6.86. The van der Waals surface area contributed by atoms with Crippen LogP contribution in [0.1, 0.15) is 16.8 Å². The van der Waals surface area contributed by atoms with Gasteiger partial charge in [0.05, 0.1) is 25.7 Å². The van der Waals surface area contributed by atoms with Gasteiger partial charge in [0.2, 0.25) is 5.91 Å². The fourth-order valence-corrected chi connectivity index (χ4v) is 1.57. The number of rotatable bonds is 6. The number of carbonyl (C=O) groups is 2. The molecule has 0 aromatic heterocycles. The minimum absolute atomic E-state index is 0.143. The Morgan fingerprint density at radius 3 is 2.78 bits per heavy atom. The molecule has 0 aliphatic carbocycles. The molecule has 0 saturated heterocycles. The summed E-state index contributed by atoms with van der Waals surface area (Å²) < 4.78 is 10.5. The summed E-state index contributed by atoms with van der Waals surface area (Å²) in [5.74, 6) is 0.512. The predicted octanol–water partition coefficient (Wildman–Crippen LogP) is 1.68. The number of methoxy groups -OCH3 is 1. The van der Waals surface area contributed by atoms with Crippen LogP contribution in [0.15, 0.2) is 12.1 Å². The van der Waals surface area contributed by atoms with Gasteiger partial charge < -0.3 is 14.8 Å². The van der Waals surface area contributed by atoms with Crippen molar-refractivity contribution in [3.05, 3.63) is 22.7 Å². The standard InChI is InChI=1S/C12H14ClNO4/c1-14-11(16)3-4-18-12-8(7-15)5-9(13)6-10(12)17-2/h5-7H,3-4H2,1-2H3,(H,14,16). The average Bonchev–Trinajstić information content (AvgIpc) is 2.39. The van der Waals surface area contributed by atoms with Crippen LogP contribution in [0.2, 0.25) is 5.02 Å². The van der Waals surface area contributed by atoms with E-state index in [1.807, 2.05) is 0 Å². The van der Waals surface area contributed by atoms with Crippen molar-refractivity contribution in [2.75, 3.05) is 20.8 Å². The molecule has 0 radical (unpaired) electrons. The van der Waals surface area contributed by atoms with Crippen LogP contribution in [0.5, 0.6) is 11.5 Å². The van der Waals surface area contributed by atoms with E-state index in [9.17, 15) is 9.59 Å². The third kappa shape index (κ3) is 3.63. The Kier molecular flexibility index (Phi) is 5.45. The molecule has 0 fully saturated rings. The summed E-state index contributed by atoms with van der Waals surface area (Å²) in [6.07, 6.45) is 0.824. The molecule has 18 heavy (non-hydrogen) atoms. The van der Waals surface area contributed by atoms with Crippen molar-refractivity contribution in [1.82, 2.24) is 5.32 Å². The highest BCUT2D eigenvalue weighted by Gasteiger charge is 2.12. The van der Waals surface area contributed by atoms with Crippen molar-refractivity contribution in [2.45, 2.75) is 6.42 Å². The number of amides is 1. The Morgan fingerprint density at radius 2 is 2.22 bits per heavy atom. The van der Waals surface area contributed by atoms with E-state index in [4.69, 9.17) is 21.1 Å². The molecule has 1 amide bonds. The topological polar surface area (TPSA) is 64.6 Å². The van der Waals surface area contributed by atoms with Crippen LogP contribution in [0.4, 0.5) is 0 Å². The Morgan fingerprint density at radius 1 is 1.50 bits per heavy atom. The normalized spacial score (nSPS) is 9.72. The van der Waals surface area contributed by atoms with Crippen LogP contribution in [0.25, 0.3) is 0 Å². The van der Waals surface area contributed by atoms with Crippen LogP contribution in [-0.2, 0) is 4.79 Å². The third-order valence-corrected chi connectivity index (χ3v) is 2.47. The molecule has 0 heterocycles. The fraction of sp³-hybridized carbons (Fsp3) is 0.333. The first-order valence-corrected chi connectivity index (χ1v) is 5.66. The highest BCUT2D eigenvalue weighted by Crippen LogP contribution is 2.33. The number of carbonyl (C=O) groups excluding carboxylic acids is 2. The molecule has 1 aromatic carbocycles. The van der Waals surface area contributed by atoms with Gasteiger partial charge in [-0.15, -0.1) is 0 Å². The lowest BCUT2D eigenvalue weighted by Gasteiger charge is -2.12. The van der Waals surface area contributed by atoms with Crippen molar-refractivity contribution in [3.63, 3.8) is 0 Å². The van der Waals surface area contributed by atoms with Crippen molar-refractivity contribution < 1.29 is 19.1 Å². The van der Waals surface area contributed by atoms with Crippen molar-refractivity contribution in [1.29, 1.82) is 0 Å². The summed E-state index contributed by atoms with van der Waals surface area (Å²) in [4.78, 5) is 22.0. The summed E-state index contributed by atoms with van der Waals surface area (Å²) in [5, 5.41) is 2.86. The molecule has 98 valence electrons. The van der Waals surface area contributed by atoms with Gasteiger partial charge >= 0.3 is 0 Å². The van der Waals surface area contributed by atoms with E-state index in [0.29, 0.717) is 22.8 Å². The molecule has 6 heteroatoms. The van der Waals surface area contributed by atoms with E-state index in [1.54, 1.807) is 13.1 Å². The molecule has 0 unspecified atom stereocenters. The van der Waals surface area contributed by atoms with E-state index >= 15 is 0 Å². The van der Waals surface area contributed by atoms with E-state index in [-0.39, 0.29) is 24.5 Å². The molecular formula is C12H14ClNO4. The van der Waals surface area contributed by atoms with Gasteiger partial charge in [-0.2, -0.15) is 0 Å². The Hall–Kier alpha value is -1.75. The number of hydrogen-bond acceptors (Lipinski definition) is 4. The molecule has 1 N–H and O–H groups in total. The Balaban J connectivity index is 2.85. The van der Waals surface area contributed by atoms with E-state index < -0.39 is 0 Å². The average molecular weight is 272 g/mol. The highest BCUT2D eigenvalue weighted by atomic mass is 35.5. The number of aldehydes is 1. The first-order valence-electron chi connectivity index (χ1n) is 5.28. The number of ether oxygens (including phenoxy) is 2. The molecule has 1 rings (SSSR count). The van der Waals surface area contributed by atoms with E-state index in [1.165, 1.54) is 13.2 Å². The van der Waals surface area contributed by atoms with Gasteiger partial charge in [-0.1, -0.05) is 11.6 Å². The van der Waals surface area contributed by atoms with E-state index in [2.05, 4.69) is 5.32 Å². The SMILES string of the molecule is CNC(=O)CCOc1c(C=O)cc(Cl)cc1OC. The van der Waals surface area contributed by atoms with Gasteiger partial charge in [0.25, 0.3) is 0 Å². The number of hydrogen-bond donors (Lipinski definition) is 1. The van der Waals surface area contributed by atoms with Crippen molar-refractivity contribution >= 4 is 23.8 Å². The summed E-state index contributed by atoms with van der Waals surface area (Å²) in [7, 11) is 2.99. The second-order valence-corrected chi connectivity index (χ2v) is 3.85. The molecule has 0 aliphatic rings. The lowest BCUT2D eigenvalue weighted by Crippen LogP contribution is -2.20. The quantitative estimate of drug-likeness (QED) is 0.800. The third-order valence-electron chi connectivity index (χ3n) is 2.25. The van der Waals surface area contributed by atoms with Gasteiger partial charge in [0.1, 0.15) is 0 Å². The number of benzene rings is 1. The van der Waals surface area contributed by atoms with Crippen LogP contribution in [0, 0.1) is 0 Å². The first kappa shape index (κ1) is 14.3. The second-order valence-electron chi connectivity index (χ2n) is 3.42. The summed E-state index contributed by atoms with van der Waals surface area (Å²) >= 11 is 5.83. The van der Waals surface area contributed by atoms with Gasteiger partial charge in [0.15, 0.2) is 17.8 Å². The summed E-state index contributed by atoms with van der Waals surface area (Å²) in [6, 6.07) is 3.02. The molecular weight excluding hydrogens is 258 g/mol. The zero-order valence-corrected chi connectivity index (χ0v) is 10.9. The highest BCUT2D eigenvalue weighted by molar-refractivity contribution is 6.31. The minimum Gasteiger partial charge on any atom is -0.493 e. The van der Waals surface area contributed by atoms with Crippen LogP contribution in [0.3, 0.4) is 0 Å². The van der Waals surface area contributed by atoms with Crippen LogP contribution < -0.4 is 14.8 Å². The van der Waals surface area contributed by atoms with Crippen LogP contribution >= 0.6 is 11.6 Å². The molecule has 0 spiro atoms. The fourth-order valence-electron chi connectivity index (χ4n) is 1.35. The molecule has 5 nitrogen and oxygen atoms in total. The van der Waals surface area contributed by atoms with Gasteiger partial charge in [0, 0.05) is 18.1 Å². The van der Waals surface area contributed by atoms with E-state index in [0.717, 1.165) is 0 Å². The molecule has 1 aromatic rings. The molecule has 0 atom stereocenters. The maximum Gasteiger partial charge on any atom is 0.223 e. The summed E-state index contributed by atoms with van der Waals surface area (Å²) in [5.41, 5.74) is 0.288. The molecule has 0 bridgehead atoms. The Labute approximate surface area is 110 Å². The summed E-state index contributed by atoms with van der Waals surface area (Å²) in [6.45, 7) is 0.151. The zero-order valence-electron chi connectivity index (χ0n) is 10.2. The molecule has 0 saturated carbocycles. The number of halogens is 1. The van der Waals surface area contributed by atoms with Crippen molar-refractivity contribution in [2.24, 2.45) is 0 Å². The monoisotopic (exact) mass is 271 g/mol. The number of nitrogens with one attached hydrogen (secondary N) is 1. The maximum atomic E-state index is 11.1. The van der Waals surface area contributed by atoms with Gasteiger partial charge in [-0.25, -0.2) is 0 Å². The largest absolute Gasteiger partial charge is 0.493 e.